The second kappa shape index (κ2) is 43.9. The number of rotatable bonds is 19. The molecular formula is C71H107N17O15S2. The van der Waals surface area contributed by atoms with Gasteiger partial charge in [-0.3, -0.25) is 62.5 Å². The van der Waals surface area contributed by atoms with Gasteiger partial charge in [0.25, 0.3) is 5.91 Å². The van der Waals surface area contributed by atoms with Crippen molar-refractivity contribution in [2.75, 3.05) is 44.4 Å². The van der Waals surface area contributed by atoms with Crippen molar-refractivity contribution in [1.82, 2.24) is 57.7 Å². The molecule has 11 amide bonds. The summed E-state index contributed by atoms with van der Waals surface area (Å²) in [4.78, 5) is 186. The highest BCUT2D eigenvalue weighted by atomic mass is 32.2. The predicted octanol–water partition coefficient (Wildman–Crippen LogP) is 1.23. The van der Waals surface area contributed by atoms with Gasteiger partial charge < -0.3 is 95.4 Å². The normalized spacial score (nSPS) is 24.8. The Bertz CT molecular complexity index is 3520. The maximum atomic E-state index is 15.3. The molecule has 0 spiro atoms. The first-order chi connectivity index (χ1) is 50.3. The second-order valence-electron chi connectivity index (χ2n) is 27.0. The number of benzene rings is 2. The van der Waals surface area contributed by atoms with Crippen LogP contribution in [0.5, 0.6) is 5.75 Å². The van der Waals surface area contributed by atoms with Crippen molar-refractivity contribution in [3.05, 3.63) is 65.4 Å². The van der Waals surface area contributed by atoms with E-state index in [1.807, 2.05) is 43.3 Å². The summed E-state index contributed by atoms with van der Waals surface area (Å²) in [6, 6.07) is -1.01. The van der Waals surface area contributed by atoms with E-state index in [0.717, 1.165) is 30.2 Å². The highest BCUT2D eigenvalue weighted by Gasteiger charge is 2.42. The molecule has 32 nitrogen and oxygen atoms in total. The van der Waals surface area contributed by atoms with E-state index in [0.29, 0.717) is 73.8 Å². The number of nitrogens with one attached hydrogen (secondary N) is 10. The number of ether oxygens (including phenoxy) is 1. The Balaban J connectivity index is 1.44. The predicted molar refractivity (Wildman–Crippen MR) is 399 cm³/mol. The number of nitrogens with two attached hydrogens (primary N) is 4. The van der Waals surface area contributed by atoms with Gasteiger partial charge in [0.1, 0.15) is 79.0 Å². The number of aliphatic carboxylic acids is 1. The van der Waals surface area contributed by atoms with Crippen molar-refractivity contribution in [3.8, 4) is 5.75 Å². The summed E-state index contributed by atoms with van der Waals surface area (Å²) in [6.07, 6.45) is 6.92. The number of oxime groups is 1. The van der Waals surface area contributed by atoms with Crippen LogP contribution in [0.2, 0.25) is 0 Å². The molecule has 1 aromatic heterocycles. The number of carbonyl (C=O) groups is 12. The summed E-state index contributed by atoms with van der Waals surface area (Å²) in [6.45, 7) is 9.48. The smallest absolute Gasteiger partial charge is 0.305 e. The molecule has 19 N–H and O–H groups in total. The molecule has 4 bridgehead atoms. The summed E-state index contributed by atoms with van der Waals surface area (Å²) < 4.78 is 6.33. The molecule has 6 rings (SSSR count). The highest BCUT2D eigenvalue weighted by molar-refractivity contribution is 7.98. The number of aromatic nitrogens is 1. The van der Waals surface area contributed by atoms with Crippen LogP contribution in [0.25, 0.3) is 10.9 Å². The first-order valence-corrected chi connectivity index (χ1v) is 38.5. The van der Waals surface area contributed by atoms with E-state index in [2.05, 4.69) is 63.0 Å². The minimum absolute atomic E-state index is 0.000941. The Kier molecular flexibility index (Phi) is 35.5. The summed E-state index contributed by atoms with van der Waals surface area (Å²) in [5.41, 5.74) is 25.8. The quantitative estimate of drug-likeness (QED) is 0.0456. The van der Waals surface area contributed by atoms with Crippen molar-refractivity contribution < 1.29 is 72.2 Å². The maximum Gasteiger partial charge on any atom is 0.305 e. The van der Waals surface area contributed by atoms with Crippen LogP contribution in [-0.2, 0) is 80.3 Å². The largest absolute Gasteiger partial charge is 0.494 e. The van der Waals surface area contributed by atoms with Gasteiger partial charge in [-0.05, 0) is 130 Å². The number of H-pyrrole nitrogens is 1. The number of hydrogen-bond acceptors (Lipinski definition) is 19. The number of carbonyl (C=O) groups excluding carboxylic acids is 11. The number of fused-ring (bicyclic) bond motifs is 7. The zero-order valence-corrected chi connectivity index (χ0v) is 62.3. The number of nitrogens with zero attached hydrogens (tertiary/aromatic N) is 3. The van der Waals surface area contributed by atoms with Crippen LogP contribution < -0.4 is 75.5 Å². The Hall–Kier alpha value is -9.18. The zero-order chi connectivity index (χ0) is 76.5. The van der Waals surface area contributed by atoms with Crippen molar-refractivity contribution in [2.24, 2.45) is 44.9 Å². The second-order valence-corrected chi connectivity index (χ2v) is 29.1. The van der Waals surface area contributed by atoms with E-state index in [1.54, 1.807) is 40.0 Å². The minimum Gasteiger partial charge on any atom is -0.494 e. The Morgan fingerprint density at radius 2 is 1.26 bits per heavy atom. The Labute approximate surface area is 620 Å². The lowest BCUT2D eigenvalue weighted by Crippen LogP contribution is -2.62. The summed E-state index contributed by atoms with van der Waals surface area (Å²) in [7, 11) is 0. The van der Waals surface area contributed by atoms with E-state index < -0.39 is 150 Å². The first kappa shape index (κ1) is 84.8. The molecule has 3 aromatic rings. The van der Waals surface area contributed by atoms with Gasteiger partial charge in [0, 0.05) is 59.6 Å². The van der Waals surface area contributed by atoms with Crippen molar-refractivity contribution in [2.45, 2.75) is 216 Å². The van der Waals surface area contributed by atoms with Crippen LogP contribution in [0.1, 0.15) is 154 Å². The van der Waals surface area contributed by atoms with E-state index in [4.69, 9.17) is 32.5 Å². The Morgan fingerprint density at radius 3 is 1.93 bits per heavy atom. The maximum absolute atomic E-state index is 15.3. The molecule has 578 valence electrons. The summed E-state index contributed by atoms with van der Waals surface area (Å²) >= 11 is 2.55. The number of guanidine groups is 1. The molecule has 0 aliphatic carbocycles. The molecule has 34 heteroatoms. The van der Waals surface area contributed by atoms with Crippen molar-refractivity contribution in [3.63, 3.8) is 0 Å². The summed E-state index contributed by atoms with van der Waals surface area (Å²) in [5, 5.41) is 39.3. The number of unbranched alkanes of at least 4 members (excludes halogenated alkanes) is 2. The molecule has 0 radical (unpaired) electrons. The van der Waals surface area contributed by atoms with Gasteiger partial charge in [0.2, 0.25) is 59.1 Å². The zero-order valence-electron chi connectivity index (χ0n) is 60.6. The minimum atomic E-state index is -1.84. The van der Waals surface area contributed by atoms with Gasteiger partial charge in [-0.2, -0.15) is 23.5 Å². The molecule has 3 aliphatic heterocycles. The summed E-state index contributed by atoms with van der Waals surface area (Å²) in [5.74, 6) is -11.2. The fourth-order valence-corrected chi connectivity index (χ4v) is 14.3. The molecule has 0 saturated carbocycles. The monoisotopic (exact) mass is 1500 g/mol. The number of carboxylic acid groups (broad SMARTS) is 1. The standard InChI is InChI=1S/C71H107N17O15S2/c1-6-8-20-50-63(94)82-53(34-58(90)91)66(97)87-60(42(5)7-2)69(100)83-52(33-45-35-77-48-21-12-11-19-47(45)48)65(96)86-59(41(3)4)68(99)81-51(22-13-14-25-72)64(95)84-54(61(73)92)39-104-37-43-30-44-32-46(31-43)102-28-15-9-10-16-29-103-78-36-57(89)79-49(23-17-26-76-71(74)75)62(93)85-55(40-105-38-44)70(101)88-27-18-24-56(88)67(98)80-50/h11-12,19,21,30-32,35-36,41-42,49-56,59-60,77H,6-10,13-18,20,22-29,33-34,37-40,72H2,1-5H3,(H2,73,92)(H,79,89)(H,80,98)(H,81,99)(H,82,94)(H,83,100)(H,84,95)(H,85,93)(H,86,96)(H,87,97)(H,90,91)(H4,74,75,76)/b78-36+/t42-,49-,50-,51-,52-,53-,54-,55-,56-,59-,60-/m0/s1. The van der Waals surface area contributed by atoms with Gasteiger partial charge in [0.05, 0.1) is 13.0 Å². The molecular weight excluding hydrogens is 1400 g/mol. The van der Waals surface area contributed by atoms with E-state index in [9.17, 15) is 57.8 Å². The number of thioether (sulfide) groups is 2. The average molecular weight is 1500 g/mol. The van der Waals surface area contributed by atoms with Gasteiger partial charge in [-0.1, -0.05) is 83.3 Å². The van der Waals surface area contributed by atoms with Crippen LogP contribution in [0.3, 0.4) is 0 Å². The third-order valence-corrected chi connectivity index (χ3v) is 20.5. The Morgan fingerprint density at radius 1 is 0.657 bits per heavy atom. The van der Waals surface area contributed by atoms with Crippen molar-refractivity contribution in [1.29, 1.82) is 0 Å². The van der Waals surface area contributed by atoms with Gasteiger partial charge in [-0.15, -0.1) is 0 Å². The lowest BCUT2D eigenvalue weighted by atomic mass is 9.96. The number of amides is 11. The number of aromatic amines is 1. The number of aliphatic imine (C=N–C) groups is 1. The third kappa shape index (κ3) is 27.7. The molecule has 105 heavy (non-hydrogen) atoms. The molecule has 3 aliphatic rings. The fourth-order valence-electron chi connectivity index (χ4n) is 12.3. The van der Waals surface area contributed by atoms with E-state index >= 15 is 4.79 Å². The van der Waals surface area contributed by atoms with Gasteiger partial charge in [0.15, 0.2) is 5.96 Å². The molecule has 1 saturated heterocycles. The molecule has 1 fully saturated rings. The topological polar surface area (TPSA) is 500 Å². The number of para-hydroxylation sites is 1. The first-order valence-electron chi connectivity index (χ1n) is 36.2. The van der Waals surface area contributed by atoms with Crippen LogP contribution in [-0.4, -0.2) is 203 Å². The lowest BCUT2D eigenvalue weighted by molar-refractivity contribution is -0.143. The molecule has 0 unspecified atom stereocenters. The SMILES string of the molecule is CCCC[C@@H]1NC(=O)[C@@H]2CCCN2C(=O)[C@@H]2CSCc3cc(cc(c3)OCCCCCCO/N=C/C(=O)N[C@@H](CCCN=C(N)N)C(=O)N2)CSC[C@@H](C(N)=O)NC(=O)[C@H](CCCCN)NC(=O)[C@H](C(C)C)NC(=O)[C@H](Cc2c[nH]c3ccccc23)NC(=O)[C@H]([C@@H](C)CC)NC(=O)[C@H](CC(=O)O)NC1=O. The number of primary amides is 1. The van der Waals surface area contributed by atoms with Crippen LogP contribution in [0.15, 0.2) is 58.8 Å². The molecule has 2 aromatic carbocycles. The van der Waals surface area contributed by atoms with Crippen LogP contribution in [0.4, 0.5) is 0 Å². The van der Waals surface area contributed by atoms with Gasteiger partial charge >= 0.3 is 5.97 Å². The van der Waals surface area contributed by atoms with Crippen LogP contribution in [0, 0.1) is 11.8 Å². The lowest BCUT2D eigenvalue weighted by Gasteiger charge is -2.31. The van der Waals surface area contributed by atoms with E-state index in [1.165, 1.54) is 28.4 Å². The molecule has 11 atom stereocenters. The number of hydrogen-bond donors (Lipinski definition) is 15. The average Bonchev–Trinajstić information content (AvgIpc) is 1.81. The van der Waals surface area contributed by atoms with Crippen LogP contribution >= 0.6 is 23.5 Å². The third-order valence-electron chi connectivity index (χ3n) is 18.3. The van der Waals surface area contributed by atoms with Crippen molar-refractivity contribution >= 4 is 118 Å². The molecule has 4 heterocycles. The van der Waals surface area contributed by atoms with Gasteiger partial charge in [-0.25, -0.2) is 0 Å². The highest BCUT2D eigenvalue weighted by Crippen LogP contribution is 2.28. The fraction of sp³-hybridized carbons (Fsp3) is 0.606. The number of carboxylic acids is 1. The van der Waals surface area contributed by atoms with E-state index in [-0.39, 0.29) is 100 Å².